The largest absolute Gasteiger partial charge is 0.327 e. The molecular formula is C12H15ClFN. The fourth-order valence-corrected chi connectivity index (χ4v) is 1.91. The van der Waals surface area contributed by atoms with E-state index in [0.29, 0.717) is 5.92 Å². The van der Waals surface area contributed by atoms with E-state index in [2.05, 4.69) is 0 Å². The number of benzene rings is 1. The first kappa shape index (κ1) is 10.9. The van der Waals surface area contributed by atoms with Gasteiger partial charge in [0, 0.05) is 6.04 Å². The number of aryl methyl sites for hydroxylation is 1. The van der Waals surface area contributed by atoms with Gasteiger partial charge in [-0.05, 0) is 49.3 Å². The third-order valence-corrected chi connectivity index (χ3v) is 3.28. The van der Waals surface area contributed by atoms with Gasteiger partial charge in [-0.15, -0.1) is 0 Å². The fourth-order valence-electron chi connectivity index (χ4n) is 1.79. The highest BCUT2D eigenvalue weighted by Crippen LogP contribution is 2.33. The Labute approximate surface area is 94.4 Å². The summed E-state index contributed by atoms with van der Waals surface area (Å²) in [5.41, 5.74) is 6.95. The summed E-state index contributed by atoms with van der Waals surface area (Å²) in [6.07, 6.45) is 4.30. The molecule has 0 spiro atoms. The van der Waals surface area contributed by atoms with Crippen molar-refractivity contribution in [2.75, 3.05) is 0 Å². The van der Waals surface area contributed by atoms with Gasteiger partial charge >= 0.3 is 0 Å². The molecule has 0 radical (unpaired) electrons. The highest BCUT2D eigenvalue weighted by molar-refractivity contribution is 6.30. The molecule has 2 N–H and O–H groups in total. The predicted octanol–water partition coefficient (Wildman–Crippen LogP) is 3.15. The van der Waals surface area contributed by atoms with E-state index in [1.807, 2.05) is 6.07 Å². The topological polar surface area (TPSA) is 26.0 Å². The highest BCUT2D eigenvalue weighted by atomic mass is 35.5. The van der Waals surface area contributed by atoms with E-state index in [0.717, 1.165) is 18.4 Å². The van der Waals surface area contributed by atoms with Gasteiger partial charge in [0.05, 0.1) is 5.02 Å². The Hall–Kier alpha value is -0.600. The van der Waals surface area contributed by atoms with Crippen LogP contribution >= 0.6 is 11.6 Å². The number of rotatable bonds is 4. The second kappa shape index (κ2) is 4.50. The van der Waals surface area contributed by atoms with E-state index >= 15 is 0 Å². The predicted molar refractivity (Wildman–Crippen MR) is 60.4 cm³/mol. The van der Waals surface area contributed by atoms with E-state index in [9.17, 15) is 4.39 Å². The molecular weight excluding hydrogens is 213 g/mol. The SMILES string of the molecule is NC(CCc1ccc(Cl)c(F)c1)C1CC1. The molecule has 0 aromatic heterocycles. The minimum atomic E-state index is -0.339. The van der Waals surface area contributed by atoms with Crippen molar-refractivity contribution >= 4 is 11.6 Å². The summed E-state index contributed by atoms with van der Waals surface area (Å²) in [5.74, 6) is 0.372. The molecule has 15 heavy (non-hydrogen) atoms. The molecule has 1 aromatic carbocycles. The maximum absolute atomic E-state index is 13.1. The maximum Gasteiger partial charge on any atom is 0.142 e. The zero-order valence-electron chi connectivity index (χ0n) is 8.55. The van der Waals surface area contributed by atoms with Crippen LogP contribution in [0, 0.1) is 11.7 Å². The monoisotopic (exact) mass is 227 g/mol. The van der Waals surface area contributed by atoms with Crippen LogP contribution in [0.1, 0.15) is 24.8 Å². The smallest absolute Gasteiger partial charge is 0.142 e. The Kier molecular flexibility index (Phi) is 3.27. The summed E-state index contributed by atoms with van der Waals surface area (Å²) in [6.45, 7) is 0. The van der Waals surface area contributed by atoms with Crippen molar-refractivity contribution in [1.82, 2.24) is 0 Å². The lowest BCUT2D eigenvalue weighted by atomic mass is 10.0. The average Bonchev–Trinajstić information content (AvgIpc) is 3.03. The van der Waals surface area contributed by atoms with Gasteiger partial charge in [-0.3, -0.25) is 0 Å². The Morgan fingerprint density at radius 1 is 1.47 bits per heavy atom. The Bertz CT molecular complexity index is 349. The number of hydrogen-bond donors (Lipinski definition) is 1. The van der Waals surface area contributed by atoms with Crippen molar-refractivity contribution < 1.29 is 4.39 Å². The molecule has 1 unspecified atom stereocenters. The lowest BCUT2D eigenvalue weighted by molar-refractivity contribution is 0.548. The van der Waals surface area contributed by atoms with Crippen molar-refractivity contribution in [3.05, 3.63) is 34.6 Å². The summed E-state index contributed by atoms with van der Waals surface area (Å²) >= 11 is 5.60. The van der Waals surface area contributed by atoms with Crippen molar-refractivity contribution in [1.29, 1.82) is 0 Å². The molecule has 1 fully saturated rings. The zero-order chi connectivity index (χ0) is 10.8. The normalized spacial score (nSPS) is 17.8. The first-order chi connectivity index (χ1) is 7.16. The average molecular weight is 228 g/mol. The van der Waals surface area contributed by atoms with Gasteiger partial charge in [-0.2, -0.15) is 0 Å². The summed E-state index contributed by atoms with van der Waals surface area (Å²) < 4.78 is 13.1. The third kappa shape index (κ3) is 2.93. The molecule has 1 saturated carbocycles. The van der Waals surface area contributed by atoms with Crippen molar-refractivity contribution in [3.8, 4) is 0 Å². The van der Waals surface area contributed by atoms with Crippen LogP contribution < -0.4 is 5.73 Å². The highest BCUT2D eigenvalue weighted by Gasteiger charge is 2.27. The molecule has 1 atom stereocenters. The fraction of sp³-hybridized carbons (Fsp3) is 0.500. The Morgan fingerprint density at radius 2 is 2.20 bits per heavy atom. The minimum absolute atomic E-state index is 0.185. The summed E-state index contributed by atoms with van der Waals surface area (Å²) in [4.78, 5) is 0. The van der Waals surface area contributed by atoms with E-state index in [1.54, 1.807) is 6.07 Å². The number of nitrogens with two attached hydrogens (primary N) is 1. The van der Waals surface area contributed by atoms with Gasteiger partial charge in [0.1, 0.15) is 5.82 Å². The molecule has 1 aliphatic rings. The van der Waals surface area contributed by atoms with E-state index in [1.165, 1.54) is 18.9 Å². The number of halogens is 2. The lowest BCUT2D eigenvalue weighted by Crippen LogP contribution is -2.22. The van der Waals surface area contributed by atoms with Gasteiger partial charge < -0.3 is 5.73 Å². The lowest BCUT2D eigenvalue weighted by Gasteiger charge is -2.09. The number of hydrogen-bond acceptors (Lipinski definition) is 1. The van der Waals surface area contributed by atoms with Gasteiger partial charge in [-0.1, -0.05) is 17.7 Å². The van der Waals surface area contributed by atoms with E-state index < -0.39 is 0 Å². The molecule has 3 heteroatoms. The third-order valence-electron chi connectivity index (χ3n) is 2.98. The van der Waals surface area contributed by atoms with Crippen LogP contribution in [0.2, 0.25) is 5.02 Å². The molecule has 1 aliphatic carbocycles. The molecule has 0 amide bonds. The molecule has 0 bridgehead atoms. The molecule has 1 aromatic rings. The van der Waals surface area contributed by atoms with Crippen LogP contribution in [-0.4, -0.2) is 6.04 Å². The minimum Gasteiger partial charge on any atom is -0.327 e. The molecule has 0 saturated heterocycles. The van der Waals surface area contributed by atoms with Gasteiger partial charge in [0.2, 0.25) is 0 Å². The molecule has 82 valence electrons. The van der Waals surface area contributed by atoms with Gasteiger partial charge in [0.15, 0.2) is 0 Å². The molecule has 2 rings (SSSR count). The van der Waals surface area contributed by atoms with Crippen LogP contribution in [0.25, 0.3) is 0 Å². The van der Waals surface area contributed by atoms with Crippen LogP contribution in [0.4, 0.5) is 4.39 Å². The van der Waals surface area contributed by atoms with Crippen LogP contribution in [-0.2, 0) is 6.42 Å². The van der Waals surface area contributed by atoms with Gasteiger partial charge in [0.25, 0.3) is 0 Å². The second-order valence-electron chi connectivity index (χ2n) is 4.29. The first-order valence-electron chi connectivity index (χ1n) is 5.36. The zero-order valence-corrected chi connectivity index (χ0v) is 9.30. The summed E-state index contributed by atoms with van der Waals surface area (Å²) in [6, 6.07) is 5.26. The van der Waals surface area contributed by atoms with Crippen LogP contribution in [0.3, 0.4) is 0 Å². The van der Waals surface area contributed by atoms with Gasteiger partial charge in [-0.25, -0.2) is 4.39 Å². The van der Waals surface area contributed by atoms with E-state index in [-0.39, 0.29) is 16.9 Å². The maximum atomic E-state index is 13.1. The summed E-state index contributed by atoms with van der Waals surface area (Å²) in [7, 11) is 0. The molecule has 0 aliphatic heterocycles. The second-order valence-corrected chi connectivity index (χ2v) is 4.70. The molecule has 1 nitrogen and oxygen atoms in total. The standard InChI is InChI=1S/C12H15ClFN/c13-10-5-1-8(7-11(10)14)2-6-12(15)9-3-4-9/h1,5,7,9,12H,2-4,6,15H2. The van der Waals surface area contributed by atoms with Crippen molar-refractivity contribution in [2.24, 2.45) is 11.7 Å². The first-order valence-corrected chi connectivity index (χ1v) is 5.74. The summed E-state index contributed by atoms with van der Waals surface area (Å²) in [5, 5.41) is 0.185. The Morgan fingerprint density at radius 3 is 2.80 bits per heavy atom. The van der Waals surface area contributed by atoms with Crippen LogP contribution in [0.5, 0.6) is 0 Å². The molecule has 0 heterocycles. The Balaban J connectivity index is 1.89. The van der Waals surface area contributed by atoms with E-state index in [4.69, 9.17) is 17.3 Å². The quantitative estimate of drug-likeness (QED) is 0.840. The van der Waals surface area contributed by atoms with Crippen molar-refractivity contribution in [3.63, 3.8) is 0 Å². The van der Waals surface area contributed by atoms with Crippen molar-refractivity contribution in [2.45, 2.75) is 31.7 Å². The van der Waals surface area contributed by atoms with Crippen LogP contribution in [0.15, 0.2) is 18.2 Å².